The summed E-state index contributed by atoms with van der Waals surface area (Å²) in [6, 6.07) is 11.8. The highest BCUT2D eigenvalue weighted by molar-refractivity contribution is 5.86. The van der Waals surface area contributed by atoms with Gasteiger partial charge in [0.2, 0.25) is 0 Å². The Bertz CT molecular complexity index is 1230. The maximum Gasteiger partial charge on any atom is 0.328 e. The molecule has 4 heterocycles. The summed E-state index contributed by atoms with van der Waals surface area (Å²) in [6.07, 6.45) is 3.20. The van der Waals surface area contributed by atoms with Crippen LogP contribution in [0.15, 0.2) is 42.5 Å². The number of benzene rings is 2. The van der Waals surface area contributed by atoms with Gasteiger partial charge in [0.25, 0.3) is 0 Å². The second-order valence-corrected chi connectivity index (χ2v) is 8.46. The number of para-hydroxylation sites is 1. The van der Waals surface area contributed by atoms with Crippen LogP contribution in [0.5, 0.6) is 0 Å². The minimum absolute atomic E-state index is 0.183. The maximum absolute atomic E-state index is 15.6. The van der Waals surface area contributed by atoms with Gasteiger partial charge in [-0.25, -0.2) is 9.18 Å². The van der Waals surface area contributed by atoms with Gasteiger partial charge in [0.05, 0.1) is 18.7 Å². The van der Waals surface area contributed by atoms with Gasteiger partial charge in [-0.05, 0) is 54.3 Å². The number of rotatable bonds is 2. The lowest BCUT2D eigenvalue weighted by atomic mass is 9.76. The van der Waals surface area contributed by atoms with Crippen LogP contribution in [0.4, 0.5) is 4.39 Å². The summed E-state index contributed by atoms with van der Waals surface area (Å²) in [5.41, 5.74) is 5.41. The number of aliphatic carboxylic acids is 1. The van der Waals surface area contributed by atoms with E-state index in [0.717, 1.165) is 29.3 Å². The highest BCUT2D eigenvalue weighted by Gasteiger charge is 2.52. The molecule has 2 aromatic carbocycles. The van der Waals surface area contributed by atoms with Crippen LogP contribution in [0.3, 0.4) is 0 Å². The molecule has 2 N–H and O–H groups in total. The van der Waals surface area contributed by atoms with E-state index in [4.69, 9.17) is 9.84 Å². The van der Waals surface area contributed by atoms with Crippen LogP contribution in [0.1, 0.15) is 47.0 Å². The van der Waals surface area contributed by atoms with Crippen LogP contribution in [-0.4, -0.2) is 39.7 Å². The van der Waals surface area contributed by atoms with E-state index in [0.29, 0.717) is 17.7 Å². The first-order valence-corrected chi connectivity index (χ1v) is 10.3. The lowest BCUT2D eigenvalue weighted by Gasteiger charge is -2.56. The SMILES string of the molecule is CC1Cc2c([nH]c3ccccc23)C2c3c(F)cc(/C=C/C(=O)O)cc3C3OCC3N12. The molecule has 6 rings (SSSR count). The van der Waals surface area contributed by atoms with E-state index >= 15 is 4.39 Å². The van der Waals surface area contributed by atoms with Crippen molar-refractivity contribution in [2.24, 2.45) is 0 Å². The second-order valence-electron chi connectivity index (χ2n) is 8.46. The van der Waals surface area contributed by atoms with Crippen LogP contribution < -0.4 is 0 Å². The molecule has 0 bridgehead atoms. The largest absolute Gasteiger partial charge is 0.478 e. The summed E-state index contributed by atoms with van der Waals surface area (Å²) in [5, 5.41) is 10.1. The maximum atomic E-state index is 15.6. The lowest BCUT2D eigenvalue weighted by molar-refractivity contribution is -0.168. The van der Waals surface area contributed by atoms with Crippen molar-refractivity contribution >= 4 is 22.9 Å². The van der Waals surface area contributed by atoms with E-state index in [9.17, 15) is 4.79 Å². The Balaban J connectivity index is 1.58. The van der Waals surface area contributed by atoms with Crippen LogP contribution in [0.25, 0.3) is 17.0 Å². The minimum atomic E-state index is -1.05. The van der Waals surface area contributed by atoms with Gasteiger partial charge in [0, 0.05) is 34.3 Å². The number of halogens is 1. The van der Waals surface area contributed by atoms with E-state index < -0.39 is 5.97 Å². The van der Waals surface area contributed by atoms with E-state index in [-0.39, 0.29) is 30.0 Å². The van der Waals surface area contributed by atoms with Gasteiger partial charge in [-0.2, -0.15) is 0 Å². The highest BCUT2D eigenvalue weighted by atomic mass is 19.1. The molecule has 6 heteroatoms. The molecule has 3 aromatic rings. The average molecular weight is 404 g/mol. The van der Waals surface area contributed by atoms with Crippen LogP contribution in [0, 0.1) is 5.82 Å². The molecular weight excluding hydrogens is 383 g/mol. The Morgan fingerprint density at radius 1 is 1.33 bits per heavy atom. The number of ether oxygens (including phenoxy) is 1. The topological polar surface area (TPSA) is 65.6 Å². The summed E-state index contributed by atoms with van der Waals surface area (Å²) in [7, 11) is 0. The van der Waals surface area contributed by atoms with E-state index in [1.807, 2.05) is 18.2 Å². The van der Waals surface area contributed by atoms with Crippen LogP contribution >= 0.6 is 0 Å². The Hall–Kier alpha value is -2.96. The quantitative estimate of drug-likeness (QED) is 0.629. The average Bonchev–Trinajstić information content (AvgIpc) is 3.05. The Kier molecular flexibility index (Phi) is 3.73. The predicted molar refractivity (Wildman–Crippen MR) is 111 cm³/mol. The van der Waals surface area contributed by atoms with Gasteiger partial charge in [-0.3, -0.25) is 4.90 Å². The molecule has 4 atom stereocenters. The molecule has 3 aliphatic heterocycles. The summed E-state index contributed by atoms with van der Waals surface area (Å²) in [6.45, 7) is 2.83. The molecule has 4 unspecified atom stereocenters. The first kappa shape index (κ1) is 17.9. The third-order valence-corrected chi connectivity index (χ3v) is 6.79. The molecule has 0 radical (unpaired) electrons. The summed E-state index contributed by atoms with van der Waals surface area (Å²) in [5.74, 6) is -1.37. The van der Waals surface area contributed by atoms with Gasteiger partial charge < -0.3 is 14.8 Å². The van der Waals surface area contributed by atoms with E-state index in [1.165, 1.54) is 23.1 Å². The second kappa shape index (κ2) is 6.27. The molecule has 0 saturated carbocycles. The zero-order valence-electron chi connectivity index (χ0n) is 16.4. The Labute approximate surface area is 172 Å². The van der Waals surface area contributed by atoms with E-state index in [2.05, 4.69) is 28.9 Å². The van der Waals surface area contributed by atoms with Crippen molar-refractivity contribution in [2.75, 3.05) is 6.61 Å². The van der Waals surface area contributed by atoms with Crippen molar-refractivity contribution in [1.82, 2.24) is 9.88 Å². The summed E-state index contributed by atoms with van der Waals surface area (Å²) in [4.78, 5) is 16.9. The molecule has 3 aliphatic rings. The normalized spacial score (nSPS) is 27.3. The van der Waals surface area contributed by atoms with Crippen molar-refractivity contribution in [3.8, 4) is 0 Å². The predicted octanol–water partition coefficient (Wildman–Crippen LogP) is 4.19. The number of fused-ring (bicyclic) bond motifs is 10. The molecule has 0 amide bonds. The number of carboxylic acid groups (broad SMARTS) is 1. The number of hydrogen-bond donors (Lipinski definition) is 2. The number of aromatic amines is 1. The third-order valence-electron chi connectivity index (χ3n) is 6.79. The fourth-order valence-electron chi connectivity index (χ4n) is 5.56. The van der Waals surface area contributed by atoms with Gasteiger partial charge >= 0.3 is 5.97 Å². The third kappa shape index (κ3) is 2.38. The number of hydrogen-bond acceptors (Lipinski definition) is 3. The lowest BCUT2D eigenvalue weighted by Crippen LogP contribution is -2.60. The zero-order chi connectivity index (χ0) is 20.6. The zero-order valence-corrected chi connectivity index (χ0v) is 16.4. The van der Waals surface area contributed by atoms with Gasteiger partial charge in [0.15, 0.2) is 0 Å². The van der Waals surface area contributed by atoms with Gasteiger partial charge in [-0.15, -0.1) is 0 Å². The molecular formula is C24H21FN2O3. The molecule has 5 nitrogen and oxygen atoms in total. The number of carboxylic acids is 1. The minimum Gasteiger partial charge on any atom is -0.478 e. The smallest absolute Gasteiger partial charge is 0.328 e. The fraction of sp³-hybridized carbons (Fsp3) is 0.292. The standard InChI is InChI=1S/C24H21FN2O3/c1-12-8-15-14-4-2-3-5-18(14)26-22(15)23-21-16(24-19(11-30-24)27(12)23)9-13(10-17(21)25)6-7-20(28)29/h2-7,9-10,12,19,23-24,26H,8,11H2,1H3,(H,28,29)/b7-6+. The molecule has 0 aliphatic carbocycles. The number of nitrogens with one attached hydrogen (secondary N) is 1. The van der Waals surface area contributed by atoms with Crippen molar-refractivity contribution in [3.05, 3.63) is 76.2 Å². The van der Waals surface area contributed by atoms with Crippen LogP contribution in [0.2, 0.25) is 0 Å². The van der Waals surface area contributed by atoms with E-state index in [1.54, 1.807) is 0 Å². The van der Waals surface area contributed by atoms with Gasteiger partial charge in [-0.1, -0.05) is 18.2 Å². The number of nitrogens with zero attached hydrogens (tertiary/aromatic N) is 1. The fourth-order valence-corrected chi connectivity index (χ4v) is 5.56. The molecule has 152 valence electrons. The Morgan fingerprint density at radius 3 is 2.93 bits per heavy atom. The van der Waals surface area contributed by atoms with Crippen LogP contribution in [-0.2, 0) is 16.0 Å². The van der Waals surface area contributed by atoms with Gasteiger partial charge in [0.1, 0.15) is 11.9 Å². The van der Waals surface area contributed by atoms with Crippen molar-refractivity contribution in [2.45, 2.75) is 37.6 Å². The van der Waals surface area contributed by atoms with Crippen molar-refractivity contribution in [3.63, 3.8) is 0 Å². The number of carbonyl (C=O) groups is 1. The molecule has 1 aromatic heterocycles. The highest BCUT2D eigenvalue weighted by Crippen LogP contribution is 2.53. The molecule has 0 spiro atoms. The van der Waals surface area contributed by atoms with Crippen molar-refractivity contribution < 1.29 is 19.0 Å². The first-order valence-electron chi connectivity index (χ1n) is 10.3. The summed E-state index contributed by atoms with van der Waals surface area (Å²) >= 11 is 0. The Morgan fingerprint density at radius 2 is 2.17 bits per heavy atom. The molecule has 1 fully saturated rings. The monoisotopic (exact) mass is 404 g/mol. The molecule has 1 saturated heterocycles. The molecule has 30 heavy (non-hydrogen) atoms. The number of H-pyrrole nitrogens is 1. The summed E-state index contributed by atoms with van der Waals surface area (Å²) < 4.78 is 21.4. The first-order chi connectivity index (χ1) is 14.5. The van der Waals surface area contributed by atoms with Crippen molar-refractivity contribution in [1.29, 1.82) is 0 Å². The number of aromatic nitrogens is 1.